The second-order valence-electron chi connectivity index (χ2n) is 6.96. The Morgan fingerprint density at radius 3 is 2.76 bits per heavy atom. The number of hydrogen-bond acceptors (Lipinski definition) is 8. The summed E-state index contributed by atoms with van der Waals surface area (Å²) in [6, 6.07) is 16.1. The van der Waals surface area contributed by atoms with Crippen molar-refractivity contribution < 1.29 is 23.6 Å². The van der Waals surface area contributed by atoms with Gasteiger partial charge in [-0.3, -0.25) is 14.9 Å². The lowest BCUT2D eigenvalue weighted by Gasteiger charge is -2.09. The summed E-state index contributed by atoms with van der Waals surface area (Å²) < 4.78 is 17.9. The maximum atomic E-state index is 12.7. The highest BCUT2D eigenvalue weighted by Gasteiger charge is 2.18. The van der Waals surface area contributed by atoms with Gasteiger partial charge in [0.2, 0.25) is 5.82 Å². The van der Waals surface area contributed by atoms with Crippen LogP contribution in [0.2, 0.25) is 0 Å². The number of nitro groups is 1. The third-order valence-electron chi connectivity index (χ3n) is 4.66. The summed E-state index contributed by atoms with van der Waals surface area (Å²) >= 11 is 0. The predicted molar refractivity (Wildman–Crippen MR) is 122 cm³/mol. The number of anilines is 1. The molecule has 2 aromatic heterocycles. The van der Waals surface area contributed by atoms with E-state index in [1.54, 1.807) is 36.4 Å². The largest absolute Gasteiger partial charge is 0.461 e. The van der Waals surface area contributed by atoms with Gasteiger partial charge < -0.3 is 19.2 Å². The van der Waals surface area contributed by atoms with E-state index in [2.05, 4.69) is 15.4 Å². The number of non-ortho nitro benzene ring substituents is 1. The van der Waals surface area contributed by atoms with E-state index in [1.165, 1.54) is 35.2 Å². The van der Waals surface area contributed by atoms with Crippen LogP contribution in [-0.4, -0.2) is 45.4 Å². The van der Waals surface area contributed by atoms with Crippen molar-refractivity contribution in [2.75, 3.05) is 25.1 Å². The zero-order valence-electron chi connectivity index (χ0n) is 18.2. The third kappa shape index (κ3) is 5.27. The van der Waals surface area contributed by atoms with Gasteiger partial charge in [0.05, 0.1) is 23.5 Å². The second kappa shape index (κ2) is 10.4. The summed E-state index contributed by atoms with van der Waals surface area (Å²) in [7, 11) is 0. The number of amides is 1. The zero-order valence-corrected chi connectivity index (χ0v) is 18.2. The molecular weight excluding hydrogens is 442 g/mol. The molecule has 0 fully saturated rings. The quantitative estimate of drug-likeness (QED) is 0.211. The molecule has 34 heavy (non-hydrogen) atoms. The first-order valence-electron chi connectivity index (χ1n) is 10.4. The predicted octanol–water partition coefficient (Wildman–Crippen LogP) is 4.10. The van der Waals surface area contributed by atoms with Crippen molar-refractivity contribution in [3.63, 3.8) is 0 Å². The van der Waals surface area contributed by atoms with Crippen LogP contribution in [0.3, 0.4) is 0 Å². The van der Waals surface area contributed by atoms with Gasteiger partial charge in [-0.25, -0.2) is 4.68 Å². The van der Waals surface area contributed by atoms with E-state index in [1.807, 2.05) is 6.92 Å². The molecular formula is C23H21N5O6. The number of hydrogen-bond donors (Lipinski definition) is 1. The van der Waals surface area contributed by atoms with Crippen molar-refractivity contribution in [1.29, 1.82) is 0 Å². The monoisotopic (exact) mass is 463 g/mol. The van der Waals surface area contributed by atoms with Crippen LogP contribution in [0.15, 0.2) is 71.3 Å². The Balaban J connectivity index is 1.59. The van der Waals surface area contributed by atoms with E-state index in [9.17, 15) is 14.9 Å². The standard InChI is InChI=1S/C23H21N5O6/c1-2-32-12-13-34-23-25-21(20-10-5-11-33-20)27(26-23)18-8-4-7-17(15-18)24-22(29)16-6-3-9-19(14-16)28(30)31/h3-11,14-15H,2,12-13H2,1H3,(H,24,29). The Morgan fingerprint density at radius 2 is 2.00 bits per heavy atom. The smallest absolute Gasteiger partial charge is 0.336 e. The fourth-order valence-electron chi connectivity index (χ4n) is 3.12. The Labute approximate surface area is 194 Å². The molecule has 1 amide bonds. The highest BCUT2D eigenvalue weighted by molar-refractivity contribution is 6.04. The maximum absolute atomic E-state index is 12.7. The number of nitrogens with one attached hydrogen (secondary N) is 1. The van der Waals surface area contributed by atoms with E-state index in [4.69, 9.17) is 13.9 Å². The van der Waals surface area contributed by atoms with Gasteiger partial charge in [0.25, 0.3) is 11.6 Å². The summed E-state index contributed by atoms with van der Waals surface area (Å²) in [5, 5.41) is 18.2. The van der Waals surface area contributed by atoms with Crippen molar-refractivity contribution >= 4 is 17.3 Å². The molecule has 0 spiro atoms. The Morgan fingerprint density at radius 1 is 1.15 bits per heavy atom. The number of rotatable bonds is 10. The van der Waals surface area contributed by atoms with Crippen LogP contribution in [0.4, 0.5) is 11.4 Å². The number of aromatic nitrogens is 3. The molecule has 4 rings (SSSR count). The highest BCUT2D eigenvalue weighted by Crippen LogP contribution is 2.25. The average Bonchev–Trinajstić information content (AvgIpc) is 3.52. The number of nitro benzene ring substituents is 1. The van der Waals surface area contributed by atoms with Gasteiger partial charge in [-0.2, -0.15) is 4.98 Å². The van der Waals surface area contributed by atoms with E-state index in [0.29, 0.717) is 36.2 Å². The number of carbonyl (C=O) groups excluding carboxylic acids is 1. The molecule has 0 saturated heterocycles. The van der Waals surface area contributed by atoms with E-state index < -0.39 is 10.8 Å². The van der Waals surface area contributed by atoms with E-state index >= 15 is 0 Å². The average molecular weight is 463 g/mol. The Hall–Kier alpha value is -4.51. The minimum Gasteiger partial charge on any atom is -0.461 e. The number of furan rings is 1. The zero-order chi connectivity index (χ0) is 23.9. The molecule has 0 aliphatic heterocycles. The molecule has 0 atom stereocenters. The van der Waals surface area contributed by atoms with E-state index in [-0.39, 0.29) is 23.9 Å². The highest BCUT2D eigenvalue weighted by atomic mass is 16.6. The minimum absolute atomic E-state index is 0.150. The van der Waals surface area contributed by atoms with Crippen LogP contribution in [0.5, 0.6) is 6.01 Å². The van der Waals surface area contributed by atoms with Crippen LogP contribution in [0.25, 0.3) is 17.3 Å². The fraction of sp³-hybridized carbons (Fsp3) is 0.174. The number of ether oxygens (including phenoxy) is 2. The van der Waals surface area contributed by atoms with Gasteiger partial charge in [-0.1, -0.05) is 12.1 Å². The van der Waals surface area contributed by atoms with Crippen molar-refractivity contribution in [1.82, 2.24) is 14.8 Å². The SMILES string of the molecule is CCOCCOc1nc(-c2ccco2)n(-c2cccc(NC(=O)c3cccc([N+](=O)[O-])c3)c2)n1. The first-order chi connectivity index (χ1) is 16.5. The fourth-order valence-corrected chi connectivity index (χ4v) is 3.12. The molecule has 0 aliphatic rings. The van der Waals surface area contributed by atoms with Crippen LogP contribution in [0.1, 0.15) is 17.3 Å². The van der Waals surface area contributed by atoms with Crippen LogP contribution in [0, 0.1) is 10.1 Å². The number of carbonyl (C=O) groups is 1. The van der Waals surface area contributed by atoms with Crippen LogP contribution >= 0.6 is 0 Å². The molecule has 0 aliphatic carbocycles. The lowest BCUT2D eigenvalue weighted by atomic mass is 10.2. The summed E-state index contributed by atoms with van der Waals surface area (Å²) in [5.41, 5.74) is 1.06. The van der Waals surface area contributed by atoms with Gasteiger partial charge in [0, 0.05) is 30.0 Å². The molecule has 11 nitrogen and oxygen atoms in total. The molecule has 1 N–H and O–H groups in total. The van der Waals surface area contributed by atoms with Crippen molar-refractivity contribution in [3.05, 3.63) is 82.6 Å². The molecule has 11 heteroatoms. The third-order valence-corrected chi connectivity index (χ3v) is 4.66. The molecule has 2 aromatic carbocycles. The maximum Gasteiger partial charge on any atom is 0.336 e. The molecule has 4 aromatic rings. The molecule has 0 unspecified atom stereocenters. The van der Waals surface area contributed by atoms with Crippen molar-refractivity contribution in [3.8, 4) is 23.3 Å². The van der Waals surface area contributed by atoms with Gasteiger partial charge >= 0.3 is 6.01 Å². The summed E-state index contributed by atoms with van der Waals surface area (Å²) in [6.45, 7) is 3.17. The number of nitrogens with zero attached hydrogens (tertiary/aromatic N) is 4. The van der Waals surface area contributed by atoms with Gasteiger partial charge in [-0.05, 0) is 43.3 Å². The normalized spacial score (nSPS) is 10.7. The van der Waals surface area contributed by atoms with Crippen LogP contribution in [-0.2, 0) is 4.74 Å². The van der Waals surface area contributed by atoms with E-state index in [0.717, 1.165) is 0 Å². The molecule has 2 heterocycles. The van der Waals surface area contributed by atoms with Crippen molar-refractivity contribution in [2.24, 2.45) is 0 Å². The Kier molecular flexibility index (Phi) is 6.94. The topological polar surface area (TPSA) is 135 Å². The molecule has 0 saturated carbocycles. The van der Waals surface area contributed by atoms with Crippen molar-refractivity contribution in [2.45, 2.75) is 6.92 Å². The van der Waals surface area contributed by atoms with Gasteiger partial charge in [-0.15, -0.1) is 5.10 Å². The minimum atomic E-state index is -0.549. The molecule has 0 radical (unpaired) electrons. The van der Waals surface area contributed by atoms with Gasteiger partial charge in [0.1, 0.15) is 6.61 Å². The van der Waals surface area contributed by atoms with Crippen LogP contribution < -0.4 is 10.1 Å². The summed E-state index contributed by atoms with van der Waals surface area (Å²) in [6.07, 6.45) is 1.53. The first kappa shape index (κ1) is 22.7. The van der Waals surface area contributed by atoms with Gasteiger partial charge in [0.15, 0.2) is 5.76 Å². The molecule has 174 valence electrons. The first-order valence-corrected chi connectivity index (χ1v) is 10.4. The molecule has 0 bridgehead atoms. The summed E-state index contributed by atoms with van der Waals surface area (Å²) in [4.78, 5) is 27.5. The second-order valence-corrected chi connectivity index (χ2v) is 6.96. The number of benzene rings is 2. The lowest BCUT2D eigenvalue weighted by Crippen LogP contribution is -2.12. The lowest BCUT2D eigenvalue weighted by molar-refractivity contribution is -0.384. The summed E-state index contributed by atoms with van der Waals surface area (Å²) in [5.74, 6) is 0.419. The Bertz CT molecular complexity index is 1280.